The third kappa shape index (κ3) is 2.41. The van der Waals surface area contributed by atoms with Gasteiger partial charge in [-0.2, -0.15) is 0 Å². The number of carbonyl (C=O) groups is 3. The summed E-state index contributed by atoms with van der Waals surface area (Å²) in [6, 6.07) is 20.7. The van der Waals surface area contributed by atoms with Gasteiger partial charge in [-0.15, -0.1) is 0 Å². The molecule has 170 valence electrons. The standard InChI is InChI=1S/C27H19Br2NO4/c1-14(31)15-11-12-21(34-2)20(13-15)30-24(32)22-23(25(30)33)27(29)17-8-4-3-7-16(17)26(22,28)18-9-5-6-10-19(18)27/h3-13,22-23H,1-2H3/t22-,23-,26?,27?/m1/s1. The number of carbonyl (C=O) groups excluding carboxylic acids is 3. The van der Waals surface area contributed by atoms with E-state index in [1.54, 1.807) is 18.2 Å². The fourth-order valence-electron chi connectivity index (χ4n) is 5.99. The van der Waals surface area contributed by atoms with Gasteiger partial charge >= 0.3 is 0 Å². The van der Waals surface area contributed by atoms with Crippen LogP contribution in [0.1, 0.15) is 39.5 Å². The number of ketones is 1. The van der Waals surface area contributed by atoms with Gasteiger partial charge in [0.25, 0.3) is 0 Å². The zero-order valence-corrected chi connectivity index (χ0v) is 21.5. The molecule has 3 aromatic carbocycles. The number of hydrogen-bond acceptors (Lipinski definition) is 4. The predicted octanol–water partition coefficient (Wildman–Crippen LogP) is 5.31. The van der Waals surface area contributed by atoms with Crippen molar-refractivity contribution in [1.82, 2.24) is 0 Å². The van der Waals surface area contributed by atoms with Gasteiger partial charge in [0.05, 0.1) is 33.3 Å². The third-order valence-electron chi connectivity index (χ3n) is 7.41. The van der Waals surface area contributed by atoms with Crippen LogP contribution in [0, 0.1) is 11.8 Å². The second kappa shape index (κ2) is 7.12. The number of hydrogen-bond donors (Lipinski definition) is 0. The number of benzene rings is 3. The Bertz CT molecular complexity index is 1310. The second-order valence-corrected chi connectivity index (χ2v) is 11.4. The zero-order chi connectivity index (χ0) is 24.0. The molecule has 4 aliphatic rings. The van der Waals surface area contributed by atoms with Gasteiger partial charge in [0, 0.05) is 5.56 Å². The number of halogens is 2. The van der Waals surface area contributed by atoms with Crippen LogP contribution >= 0.6 is 31.9 Å². The van der Waals surface area contributed by atoms with E-state index >= 15 is 0 Å². The topological polar surface area (TPSA) is 63.7 Å². The molecule has 1 heterocycles. The van der Waals surface area contributed by atoms with Crippen LogP contribution in [0.2, 0.25) is 0 Å². The maximum Gasteiger partial charge on any atom is 0.240 e. The van der Waals surface area contributed by atoms with Gasteiger partial charge in [0.1, 0.15) is 5.75 Å². The van der Waals surface area contributed by atoms with Gasteiger partial charge < -0.3 is 4.74 Å². The van der Waals surface area contributed by atoms with Crippen molar-refractivity contribution in [2.45, 2.75) is 15.6 Å². The predicted molar refractivity (Wildman–Crippen MR) is 135 cm³/mol. The Hall–Kier alpha value is -2.77. The van der Waals surface area contributed by atoms with Crippen molar-refractivity contribution in [2.75, 3.05) is 12.0 Å². The normalized spacial score (nSPS) is 28.4. The summed E-state index contributed by atoms with van der Waals surface area (Å²) >= 11 is 7.99. The van der Waals surface area contributed by atoms with Crippen LogP contribution in [0.15, 0.2) is 66.7 Å². The smallest absolute Gasteiger partial charge is 0.240 e. The van der Waals surface area contributed by atoms with Crippen molar-refractivity contribution in [3.05, 3.63) is 94.5 Å². The highest BCUT2D eigenvalue weighted by atomic mass is 79.9. The summed E-state index contributed by atoms with van der Waals surface area (Å²) in [6.45, 7) is 1.45. The van der Waals surface area contributed by atoms with E-state index < -0.39 is 20.5 Å². The van der Waals surface area contributed by atoms with E-state index in [1.807, 2.05) is 48.5 Å². The summed E-state index contributed by atoms with van der Waals surface area (Å²) in [5.74, 6) is -1.81. The van der Waals surface area contributed by atoms with Gasteiger partial charge in [-0.1, -0.05) is 80.4 Å². The van der Waals surface area contributed by atoms with Crippen molar-refractivity contribution >= 4 is 55.1 Å². The van der Waals surface area contributed by atoms with Gasteiger partial charge in [0.2, 0.25) is 11.8 Å². The first kappa shape index (κ1) is 21.7. The second-order valence-electron chi connectivity index (χ2n) is 8.92. The minimum Gasteiger partial charge on any atom is -0.495 e. The molecule has 2 amide bonds. The molecule has 3 aromatic rings. The monoisotopic (exact) mass is 579 g/mol. The van der Waals surface area contributed by atoms with E-state index in [9.17, 15) is 14.4 Å². The first-order chi connectivity index (χ1) is 16.3. The van der Waals surface area contributed by atoms with Crippen LogP contribution in [0.3, 0.4) is 0 Å². The lowest BCUT2D eigenvalue weighted by molar-refractivity contribution is -0.122. The van der Waals surface area contributed by atoms with Crippen molar-refractivity contribution in [3.8, 4) is 5.75 Å². The van der Waals surface area contributed by atoms with Crippen molar-refractivity contribution in [2.24, 2.45) is 11.8 Å². The maximum absolute atomic E-state index is 14.2. The highest BCUT2D eigenvalue weighted by Gasteiger charge is 2.72. The number of methoxy groups -OCH3 is 1. The van der Waals surface area contributed by atoms with Crippen LogP contribution in [-0.2, 0) is 18.2 Å². The molecule has 0 radical (unpaired) electrons. The quantitative estimate of drug-likeness (QED) is 0.239. The Morgan fingerprint density at radius 3 is 1.65 bits per heavy atom. The molecule has 0 N–H and O–H groups in total. The Kier molecular flexibility index (Phi) is 4.55. The summed E-state index contributed by atoms with van der Waals surface area (Å²) in [4.78, 5) is 41.6. The van der Waals surface area contributed by atoms with Crippen molar-refractivity contribution in [3.63, 3.8) is 0 Å². The minimum absolute atomic E-state index is 0.158. The first-order valence-electron chi connectivity index (χ1n) is 10.9. The summed E-state index contributed by atoms with van der Waals surface area (Å²) < 4.78 is 3.77. The van der Waals surface area contributed by atoms with Crippen molar-refractivity contribution < 1.29 is 19.1 Å². The highest BCUT2D eigenvalue weighted by Crippen LogP contribution is 2.71. The van der Waals surface area contributed by atoms with Gasteiger partial charge in [-0.25, -0.2) is 4.90 Å². The third-order valence-corrected chi connectivity index (χ3v) is 10.1. The molecule has 1 fully saturated rings. The lowest BCUT2D eigenvalue weighted by atomic mass is 9.54. The van der Waals surface area contributed by atoms with Crippen molar-refractivity contribution in [1.29, 1.82) is 0 Å². The Balaban J connectivity index is 1.63. The Morgan fingerprint density at radius 2 is 1.26 bits per heavy atom. The summed E-state index contributed by atoms with van der Waals surface area (Å²) in [5.41, 5.74) is 4.58. The van der Waals surface area contributed by atoms with Crippen LogP contribution in [0.25, 0.3) is 0 Å². The van der Waals surface area contributed by atoms with Crippen LogP contribution in [-0.4, -0.2) is 24.7 Å². The van der Waals surface area contributed by atoms with Gasteiger partial charge in [-0.3, -0.25) is 14.4 Å². The summed E-state index contributed by atoms with van der Waals surface area (Å²) in [5, 5.41) is 0. The molecule has 0 unspecified atom stereocenters. The number of amides is 2. The molecule has 2 bridgehead atoms. The number of anilines is 1. The minimum atomic E-state index is -0.868. The largest absolute Gasteiger partial charge is 0.495 e. The number of Topliss-reactive ketones (excluding diaryl/α,β-unsaturated/α-hetero) is 1. The fraction of sp³-hybridized carbons (Fsp3) is 0.222. The van der Waals surface area contributed by atoms with Crippen LogP contribution in [0.4, 0.5) is 5.69 Å². The van der Waals surface area contributed by atoms with E-state index in [1.165, 1.54) is 18.9 Å². The molecule has 7 rings (SSSR count). The van der Waals surface area contributed by atoms with E-state index in [-0.39, 0.29) is 17.6 Å². The van der Waals surface area contributed by atoms with E-state index in [0.29, 0.717) is 17.0 Å². The molecule has 5 nitrogen and oxygen atoms in total. The average Bonchev–Trinajstić information content (AvgIpc) is 3.13. The molecule has 0 aromatic heterocycles. The molecule has 7 heteroatoms. The van der Waals surface area contributed by atoms with Crippen LogP contribution in [0.5, 0.6) is 5.75 Å². The summed E-state index contributed by atoms with van der Waals surface area (Å²) in [6.07, 6.45) is 0. The molecule has 34 heavy (non-hydrogen) atoms. The molecule has 0 spiro atoms. The van der Waals surface area contributed by atoms with E-state index in [2.05, 4.69) is 31.9 Å². The number of rotatable bonds is 3. The number of imide groups is 1. The Labute approximate surface area is 213 Å². The highest BCUT2D eigenvalue weighted by molar-refractivity contribution is 9.10. The van der Waals surface area contributed by atoms with E-state index in [4.69, 9.17) is 4.74 Å². The molecule has 1 aliphatic heterocycles. The van der Waals surface area contributed by atoms with Gasteiger partial charge in [-0.05, 0) is 47.4 Å². The van der Waals surface area contributed by atoms with Crippen LogP contribution < -0.4 is 9.64 Å². The number of alkyl halides is 2. The molecule has 1 saturated heterocycles. The maximum atomic E-state index is 14.2. The lowest BCUT2D eigenvalue weighted by Gasteiger charge is -2.55. The number of ether oxygens (including phenoxy) is 1. The lowest BCUT2D eigenvalue weighted by Crippen LogP contribution is -2.56. The summed E-state index contributed by atoms with van der Waals surface area (Å²) in [7, 11) is 1.48. The van der Waals surface area contributed by atoms with Gasteiger partial charge in [0.15, 0.2) is 5.78 Å². The molecular weight excluding hydrogens is 562 g/mol. The average molecular weight is 581 g/mol. The molecule has 0 saturated carbocycles. The zero-order valence-electron chi connectivity index (χ0n) is 18.3. The Morgan fingerprint density at radius 1 is 0.824 bits per heavy atom. The van der Waals surface area contributed by atoms with E-state index in [0.717, 1.165) is 22.3 Å². The SMILES string of the molecule is COc1ccc(C(C)=O)cc1N1C(=O)[C@H]2[C@H](C1=O)C1(Br)c3ccccc3C2(Br)c2ccccc21. The number of nitrogens with zero attached hydrogens (tertiary/aromatic N) is 1. The molecular formula is C27H19Br2NO4. The molecule has 3 aliphatic carbocycles. The molecule has 2 atom stereocenters. The first-order valence-corrected chi connectivity index (χ1v) is 12.5. The fourth-order valence-corrected chi connectivity index (χ4v) is 8.29.